The average Bonchev–Trinajstić information content (AvgIpc) is 1.96. The van der Waals surface area contributed by atoms with Crippen molar-refractivity contribution < 1.29 is 5.11 Å². The van der Waals surface area contributed by atoms with Crippen LogP contribution in [-0.4, -0.2) is 23.2 Å². The third-order valence-corrected chi connectivity index (χ3v) is 3.01. The lowest BCUT2D eigenvalue weighted by Gasteiger charge is -2.17. The second kappa shape index (κ2) is 5.87. The molecule has 0 fully saturated rings. The number of hydrogen-bond acceptors (Lipinski definition) is 2. The Kier molecular flexibility index (Phi) is 6.02. The van der Waals surface area contributed by atoms with Crippen LogP contribution in [0.15, 0.2) is 0 Å². The molecule has 12 heavy (non-hydrogen) atoms. The third-order valence-electron chi connectivity index (χ3n) is 1.71. The molecule has 1 N–H and O–H groups in total. The van der Waals surface area contributed by atoms with Gasteiger partial charge in [-0.1, -0.05) is 27.7 Å². The Balaban J connectivity index is 3.22. The first kappa shape index (κ1) is 12.3. The fourth-order valence-electron chi connectivity index (χ4n) is 0.716. The Morgan fingerprint density at radius 1 is 1.33 bits per heavy atom. The standard InChI is InChI=1S/C10H22OS/c1-9(7-11)8-12-6-5-10(2,3)4/h9,11H,5-8H2,1-4H3. The van der Waals surface area contributed by atoms with Gasteiger partial charge in [0.15, 0.2) is 0 Å². The molecule has 0 aromatic rings. The van der Waals surface area contributed by atoms with Crippen LogP contribution in [0, 0.1) is 11.3 Å². The minimum atomic E-state index is 0.322. The Morgan fingerprint density at radius 2 is 1.92 bits per heavy atom. The van der Waals surface area contributed by atoms with Crippen LogP contribution in [0.3, 0.4) is 0 Å². The highest BCUT2D eigenvalue weighted by Crippen LogP contribution is 2.22. The summed E-state index contributed by atoms with van der Waals surface area (Å²) in [5, 5.41) is 8.78. The van der Waals surface area contributed by atoms with Gasteiger partial charge in [0.2, 0.25) is 0 Å². The molecule has 0 amide bonds. The largest absolute Gasteiger partial charge is 0.396 e. The lowest BCUT2D eigenvalue weighted by Crippen LogP contribution is -2.08. The van der Waals surface area contributed by atoms with E-state index in [4.69, 9.17) is 5.11 Å². The number of aliphatic hydroxyl groups is 1. The van der Waals surface area contributed by atoms with Gasteiger partial charge in [0.1, 0.15) is 0 Å². The maximum atomic E-state index is 8.78. The second-order valence-electron chi connectivity index (χ2n) is 4.67. The summed E-state index contributed by atoms with van der Waals surface area (Å²) in [5.74, 6) is 2.76. The smallest absolute Gasteiger partial charge is 0.0464 e. The molecule has 0 heterocycles. The van der Waals surface area contributed by atoms with E-state index in [1.54, 1.807) is 0 Å². The zero-order chi connectivity index (χ0) is 9.61. The van der Waals surface area contributed by atoms with Crippen LogP contribution >= 0.6 is 11.8 Å². The Hall–Kier alpha value is 0.310. The minimum absolute atomic E-state index is 0.322. The summed E-state index contributed by atoms with van der Waals surface area (Å²) in [6.45, 7) is 9.21. The van der Waals surface area contributed by atoms with Crippen LogP contribution in [0.25, 0.3) is 0 Å². The molecule has 0 aromatic heterocycles. The first-order chi connectivity index (χ1) is 5.45. The van der Waals surface area contributed by atoms with Crippen molar-refractivity contribution in [2.75, 3.05) is 18.1 Å². The lowest BCUT2D eigenvalue weighted by molar-refractivity contribution is 0.250. The van der Waals surface area contributed by atoms with Gasteiger partial charge in [0.05, 0.1) is 0 Å². The van der Waals surface area contributed by atoms with Crippen LogP contribution in [0.5, 0.6) is 0 Å². The predicted octanol–water partition coefficient (Wildman–Crippen LogP) is 2.78. The summed E-state index contributed by atoms with van der Waals surface area (Å²) in [4.78, 5) is 0. The van der Waals surface area contributed by atoms with Crippen molar-refractivity contribution in [2.45, 2.75) is 34.1 Å². The highest BCUT2D eigenvalue weighted by atomic mass is 32.2. The van der Waals surface area contributed by atoms with Crippen molar-refractivity contribution in [1.82, 2.24) is 0 Å². The first-order valence-electron chi connectivity index (χ1n) is 4.64. The average molecular weight is 190 g/mol. The van der Waals surface area contributed by atoms with E-state index in [1.165, 1.54) is 12.2 Å². The van der Waals surface area contributed by atoms with Crippen molar-refractivity contribution in [2.24, 2.45) is 11.3 Å². The molecule has 0 spiro atoms. The molecule has 0 saturated heterocycles. The normalized spacial score (nSPS) is 14.8. The van der Waals surface area contributed by atoms with E-state index in [0.29, 0.717) is 17.9 Å². The van der Waals surface area contributed by atoms with E-state index in [9.17, 15) is 0 Å². The van der Waals surface area contributed by atoms with Gasteiger partial charge in [-0.3, -0.25) is 0 Å². The predicted molar refractivity (Wildman–Crippen MR) is 57.6 cm³/mol. The molecule has 0 radical (unpaired) electrons. The summed E-state index contributed by atoms with van der Waals surface area (Å²) < 4.78 is 0. The topological polar surface area (TPSA) is 20.2 Å². The Morgan fingerprint density at radius 3 is 2.33 bits per heavy atom. The molecule has 1 nitrogen and oxygen atoms in total. The van der Waals surface area contributed by atoms with E-state index in [-0.39, 0.29) is 0 Å². The highest BCUT2D eigenvalue weighted by Gasteiger charge is 2.09. The Labute approximate surface area is 80.9 Å². The van der Waals surface area contributed by atoms with Crippen molar-refractivity contribution in [1.29, 1.82) is 0 Å². The van der Waals surface area contributed by atoms with E-state index in [2.05, 4.69) is 27.7 Å². The van der Waals surface area contributed by atoms with Crippen molar-refractivity contribution in [3.8, 4) is 0 Å². The fraction of sp³-hybridized carbons (Fsp3) is 1.00. The summed E-state index contributed by atoms with van der Waals surface area (Å²) in [5.41, 5.74) is 0.454. The summed E-state index contributed by atoms with van der Waals surface area (Å²) >= 11 is 1.95. The summed E-state index contributed by atoms with van der Waals surface area (Å²) in [6, 6.07) is 0. The van der Waals surface area contributed by atoms with Crippen LogP contribution < -0.4 is 0 Å². The van der Waals surface area contributed by atoms with Crippen LogP contribution in [0.1, 0.15) is 34.1 Å². The van der Waals surface area contributed by atoms with Gasteiger partial charge in [0, 0.05) is 6.61 Å². The molecular formula is C10H22OS. The molecule has 1 unspecified atom stereocenters. The van der Waals surface area contributed by atoms with Gasteiger partial charge < -0.3 is 5.11 Å². The van der Waals surface area contributed by atoms with Crippen molar-refractivity contribution in [3.63, 3.8) is 0 Å². The van der Waals surface area contributed by atoms with E-state index in [1.807, 2.05) is 11.8 Å². The fourth-order valence-corrected chi connectivity index (χ4v) is 2.15. The van der Waals surface area contributed by atoms with Gasteiger partial charge in [-0.2, -0.15) is 11.8 Å². The van der Waals surface area contributed by atoms with E-state index >= 15 is 0 Å². The molecule has 0 saturated carbocycles. The maximum absolute atomic E-state index is 8.78. The van der Waals surface area contributed by atoms with Gasteiger partial charge in [-0.05, 0) is 29.3 Å². The van der Waals surface area contributed by atoms with Crippen LogP contribution in [-0.2, 0) is 0 Å². The first-order valence-corrected chi connectivity index (χ1v) is 5.80. The van der Waals surface area contributed by atoms with E-state index in [0.717, 1.165) is 5.75 Å². The van der Waals surface area contributed by atoms with Crippen LogP contribution in [0.4, 0.5) is 0 Å². The molecule has 0 bridgehead atoms. The third kappa shape index (κ3) is 8.41. The highest BCUT2D eigenvalue weighted by molar-refractivity contribution is 7.99. The zero-order valence-corrected chi connectivity index (χ0v) is 9.58. The summed E-state index contributed by atoms with van der Waals surface area (Å²) in [7, 11) is 0. The quantitative estimate of drug-likeness (QED) is 0.673. The molecule has 0 aliphatic rings. The number of rotatable bonds is 5. The van der Waals surface area contributed by atoms with Gasteiger partial charge >= 0.3 is 0 Å². The monoisotopic (exact) mass is 190 g/mol. The Bertz CT molecular complexity index is 107. The van der Waals surface area contributed by atoms with Gasteiger partial charge in [-0.25, -0.2) is 0 Å². The van der Waals surface area contributed by atoms with Crippen LogP contribution in [0.2, 0.25) is 0 Å². The van der Waals surface area contributed by atoms with Crippen molar-refractivity contribution >= 4 is 11.8 Å². The molecule has 0 aromatic carbocycles. The van der Waals surface area contributed by atoms with Gasteiger partial charge in [0.25, 0.3) is 0 Å². The lowest BCUT2D eigenvalue weighted by atomic mass is 9.94. The number of thioether (sulfide) groups is 1. The SMILES string of the molecule is CC(CO)CSCCC(C)(C)C. The molecule has 0 aliphatic heterocycles. The number of aliphatic hydroxyl groups excluding tert-OH is 1. The minimum Gasteiger partial charge on any atom is -0.396 e. The maximum Gasteiger partial charge on any atom is 0.0464 e. The second-order valence-corrected chi connectivity index (χ2v) is 5.82. The molecule has 1 atom stereocenters. The molecule has 0 aliphatic carbocycles. The molecule has 2 heteroatoms. The molecule has 0 rings (SSSR count). The molecule has 74 valence electrons. The number of hydrogen-bond donors (Lipinski definition) is 1. The van der Waals surface area contributed by atoms with E-state index < -0.39 is 0 Å². The molecular weight excluding hydrogens is 168 g/mol. The summed E-state index contributed by atoms with van der Waals surface area (Å²) in [6.07, 6.45) is 1.26. The van der Waals surface area contributed by atoms with Crippen molar-refractivity contribution in [3.05, 3.63) is 0 Å². The van der Waals surface area contributed by atoms with Gasteiger partial charge in [-0.15, -0.1) is 0 Å². The zero-order valence-electron chi connectivity index (χ0n) is 8.76.